The number of rotatable bonds is 2. The van der Waals surface area contributed by atoms with Crippen molar-refractivity contribution in [1.82, 2.24) is 14.7 Å². The average molecular weight is 356 g/mol. The Morgan fingerprint density at radius 2 is 2.12 bits per heavy atom. The number of carbonyl (C=O) groups is 1. The average Bonchev–Trinajstić information content (AvgIpc) is 3.11. The summed E-state index contributed by atoms with van der Waals surface area (Å²) in [5.41, 5.74) is 2.12. The summed E-state index contributed by atoms with van der Waals surface area (Å²) in [6.45, 7) is 7.38. The Morgan fingerprint density at radius 1 is 1.35 bits per heavy atom. The van der Waals surface area contributed by atoms with Crippen LogP contribution < -0.4 is 5.32 Å². The zero-order valence-electron chi connectivity index (χ0n) is 16.1. The third kappa shape index (κ3) is 3.24. The third-order valence-corrected chi connectivity index (χ3v) is 5.57. The topological polar surface area (TPSA) is 59.4 Å². The molecule has 1 amide bonds. The van der Waals surface area contributed by atoms with Gasteiger partial charge in [0, 0.05) is 37.3 Å². The summed E-state index contributed by atoms with van der Waals surface area (Å²) in [7, 11) is 1.97. The highest BCUT2D eigenvalue weighted by molar-refractivity contribution is 5.82. The summed E-state index contributed by atoms with van der Waals surface area (Å²) in [4.78, 5) is 14.2. The molecule has 2 aromatic rings. The van der Waals surface area contributed by atoms with Crippen LogP contribution in [0.15, 0.2) is 24.4 Å². The molecule has 140 valence electrons. The minimum Gasteiger partial charge on any atom is -0.444 e. The largest absolute Gasteiger partial charge is 0.444 e. The number of ether oxygens (including phenoxy) is 1. The lowest BCUT2D eigenvalue weighted by molar-refractivity contribution is 0.0237. The monoisotopic (exact) mass is 356 g/mol. The molecule has 2 heterocycles. The van der Waals surface area contributed by atoms with Crippen LogP contribution in [0.1, 0.15) is 40.0 Å². The van der Waals surface area contributed by atoms with E-state index in [0.29, 0.717) is 6.04 Å². The van der Waals surface area contributed by atoms with Crippen LogP contribution in [0, 0.1) is 5.41 Å². The van der Waals surface area contributed by atoms with Gasteiger partial charge in [0.05, 0.1) is 11.7 Å². The van der Waals surface area contributed by atoms with Gasteiger partial charge < -0.3 is 15.0 Å². The molecule has 4 rings (SSSR count). The fraction of sp³-hybridized carbons (Fsp3) is 0.600. The van der Waals surface area contributed by atoms with Gasteiger partial charge in [-0.05, 0) is 63.6 Å². The molecule has 26 heavy (non-hydrogen) atoms. The minimum atomic E-state index is -0.430. The van der Waals surface area contributed by atoms with Gasteiger partial charge in [0.2, 0.25) is 0 Å². The van der Waals surface area contributed by atoms with Crippen molar-refractivity contribution >= 4 is 22.7 Å². The summed E-state index contributed by atoms with van der Waals surface area (Å²) < 4.78 is 7.41. The van der Waals surface area contributed by atoms with Gasteiger partial charge in [-0.25, -0.2) is 4.79 Å². The lowest BCUT2D eigenvalue weighted by Gasteiger charge is -2.45. The molecular formula is C20H28N4O2. The number of nitrogens with one attached hydrogen (secondary N) is 1. The van der Waals surface area contributed by atoms with E-state index in [2.05, 4.69) is 28.6 Å². The molecule has 0 bridgehead atoms. The molecule has 6 nitrogen and oxygen atoms in total. The number of hydrogen-bond donors (Lipinski definition) is 1. The van der Waals surface area contributed by atoms with Gasteiger partial charge in [0.15, 0.2) is 0 Å². The fourth-order valence-electron chi connectivity index (χ4n) is 4.31. The number of hydrogen-bond acceptors (Lipinski definition) is 4. The number of aromatic nitrogens is 2. The quantitative estimate of drug-likeness (QED) is 0.890. The van der Waals surface area contributed by atoms with E-state index in [9.17, 15) is 4.79 Å². The molecule has 1 aromatic carbocycles. The maximum Gasteiger partial charge on any atom is 0.410 e. The number of anilines is 1. The van der Waals surface area contributed by atoms with Crippen LogP contribution in [0.5, 0.6) is 0 Å². The Hall–Kier alpha value is -2.24. The van der Waals surface area contributed by atoms with E-state index in [0.717, 1.165) is 48.9 Å². The van der Waals surface area contributed by atoms with Crippen LogP contribution >= 0.6 is 0 Å². The van der Waals surface area contributed by atoms with Gasteiger partial charge >= 0.3 is 6.09 Å². The molecule has 0 radical (unpaired) electrons. The van der Waals surface area contributed by atoms with E-state index in [1.807, 2.05) is 43.6 Å². The molecule has 1 aliphatic carbocycles. The second-order valence-electron chi connectivity index (χ2n) is 8.94. The first kappa shape index (κ1) is 17.2. The van der Waals surface area contributed by atoms with E-state index in [4.69, 9.17) is 4.74 Å². The fourth-order valence-corrected chi connectivity index (χ4v) is 4.31. The lowest BCUT2D eigenvalue weighted by Crippen LogP contribution is -2.47. The van der Waals surface area contributed by atoms with Gasteiger partial charge in [0.1, 0.15) is 5.60 Å². The summed E-state index contributed by atoms with van der Waals surface area (Å²) >= 11 is 0. The molecule has 0 unspecified atom stereocenters. The maximum atomic E-state index is 12.3. The third-order valence-electron chi connectivity index (χ3n) is 5.57. The van der Waals surface area contributed by atoms with Gasteiger partial charge in [0.25, 0.3) is 0 Å². The number of fused-ring (bicyclic) bond motifs is 1. The summed E-state index contributed by atoms with van der Waals surface area (Å²) in [5.74, 6) is 0. The summed E-state index contributed by atoms with van der Waals surface area (Å²) in [6.07, 6.45) is 5.00. The van der Waals surface area contributed by atoms with E-state index in [1.54, 1.807) is 0 Å². The van der Waals surface area contributed by atoms with Crippen LogP contribution in [0.25, 0.3) is 10.9 Å². The van der Waals surface area contributed by atoms with Crippen molar-refractivity contribution in [2.45, 2.75) is 51.7 Å². The van der Waals surface area contributed by atoms with E-state index < -0.39 is 5.60 Å². The molecule has 1 spiro atoms. The van der Waals surface area contributed by atoms with E-state index in [-0.39, 0.29) is 11.5 Å². The van der Waals surface area contributed by atoms with Crippen molar-refractivity contribution in [1.29, 1.82) is 0 Å². The predicted molar refractivity (Wildman–Crippen MR) is 102 cm³/mol. The first-order chi connectivity index (χ1) is 12.2. The molecular weight excluding hydrogens is 328 g/mol. The molecule has 6 heteroatoms. The smallest absolute Gasteiger partial charge is 0.410 e. The molecule has 2 aliphatic rings. The second kappa shape index (κ2) is 5.89. The molecule has 2 fully saturated rings. The number of carbonyl (C=O) groups excluding carboxylic acids is 1. The summed E-state index contributed by atoms with van der Waals surface area (Å²) in [6, 6.07) is 6.86. The maximum absolute atomic E-state index is 12.3. The molecule has 1 aliphatic heterocycles. The zero-order chi connectivity index (χ0) is 18.5. The zero-order valence-corrected chi connectivity index (χ0v) is 16.1. The van der Waals surface area contributed by atoms with Gasteiger partial charge in [-0.1, -0.05) is 0 Å². The normalized spacial score (nSPS) is 25.5. The molecule has 1 saturated heterocycles. The SMILES string of the molecule is Cn1ncc2ccc(NC3CC4(CCN(C(=O)OC(C)(C)C)C4)C3)cc21. The highest BCUT2D eigenvalue weighted by atomic mass is 16.6. The number of aryl methyl sites for hydroxylation is 1. The van der Waals surface area contributed by atoms with Crippen molar-refractivity contribution < 1.29 is 9.53 Å². The minimum absolute atomic E-state index is 0.174. The van der Waals surface area contributed by atoms with Crippen molar-refractivity contribution in [2.24, 2.45) is 12.5 Å². The Morgan fingerprint density at radius 3 is 2.85 bits per heavy atom. The summed E-state index contributed by atoms with van der Waals surface area (Å²) in [5, 5.41) is 9.10. The van der Waals surface area contributed by atoms with Crippen LogP contribution in [0.2, 0.25) is 0 Å². The van der Waals surface area contributed by atoms with Crippen LogP contribution in [-0.4, -0.2) is 45.5 Å². The first-order valence-corrected chi connectivity index (χ1v) is 9.39. The first-order valence-electron chi connectivity index (χ1n) is 9.39. The van der Waals surface area contributed by atoms with Crippen molar-refractivity contribution in [2.75, 3.05) is 18.4 Å². The van der Waals surface area contributed by atoms with Crippen molar-refractivity contribution in [3.63, 3.8) is 0 Å². The van der Waals surface area contributed by atoms with Crippen LogP contribution in [0.3, 0.4) is 0 Å². The highest BCUT2D eigenvalue weighted by Crippen LogP contribution is 2.49. The van der Waals surface area contributed by atoms with Crippen molar-refractivity contribution in [3.05, 3.63) is 24.4 Å². The van der Waals surface area contributed by atoms with E-state index >= 15 is 0 Å². The molecule has 1 N–H and O–H groups in total. The van der Waals surface area contributed by atoms with Gasteiger partial charge in [-0.15, -0.1) is 0 Å². The lowest BCUT2D eigenvalue weighted by atomic mass is 9.65. The number of nitrogens with zero attached hydrogens (tertiary/aromatic N) is 3. The molecule has 1 saturated carbocycles. The highest BCUT2D eigenvalue weighted by Gasteiger charge is 2.50. The Kier molecular flexibility index (Phi) is 3.90. The Labute approximate surface area is 154 Å². The molecule has 0 atom stereocenters. The number of benzene rings is 1. The Bertz CT molecular complexity index is 830. The Balaban J connectivity index is 1.33. The van der Waals surface area contributed by atoms with E-state index in [1.165, 1.54) is 0 Å². The standard InChI is InChI=1S/C20H28N4O2/c1-19(2,3)26-18(25)24-8-7-20(13-24)10-16(11-20)22-15-6-5-14-12-21-23(4)17(14)9-15/h5-6,9,12,16,22H,7-8,10-11,13H2,1-4H3. The van der Waals surface area contributed by atoms with Crippen LogP contribution in [-0.2, 0) is 11.8 Å². The molecule has 1 aromatic heterocycles. The predicted octanol–water partition coefficient (Wildman–Crippen LogP) is 3.77. The van der Waals surface area contributed by atoms with Gasteiger partial charge in [-0.2, -0.15) is 5.10 Å². The van der Waals surface area contributed by atoms with Crippen molar-refractivity contribution in [3.8, 4) is 0 Å². The van der Waals surface area contributed by atoms with Gasteiger partial charge in [-0.3, -0.25) is 4.68 Å². The number of amides is 1. The second-order valence-corrected chi connectivity index (χ2v) is 8.94. The van der Waals surface area contributed by atoms with Crippen LogP contribution in [0.4, 0.5) is 10.5 Å². The number of likely N-dealkylation sites (tertiary alicyclic amines) is 1.